The predicted molar refractivity (Wildman–Crippen MR) is 65.7 cm³/mol. The molecule has 0 aliphatic heterocycles. The van der Waals surface area contributed by atoms with E-state index in [1.807, 2.05) is 12.1 Å². The summed E-state index contributed by atoms with van der Waals surface area (Å²) in [5.41, 5.74) is 2.64. The Kier molecular flexibility index (Phi) is 3.83. The maximum Gasteiger partial charge on any atom is 0.223 e. The molecule has 3 heteroatoms. The highest BCUT2D eigenvalue weighted by Crippen LogP contribution is 2.26. The van der Waals surface area contributed by atoms with Gasteiger partial charge in [0.05, 0.1) is 0 Å². The first-order valence-electron chi connectivity index (χ1n) is 5.71. The van der Waals surface area contributed by atoms with Crippen molar-refractivity contribution in [1.82, 2.24) is 5.32 Å². The minimum atomic E-state index is 0.118. The SMILES string of the molecule is O=C(NCCCCl)C1Cc2ccccc2C1. The Morgan fingerprint density at radius 2 is 1.94 bits per heavy atom. The van der Waals surface area contributed by atoms with Crippen LogP contribution in [0, 0.1) is 5.92 Å². The van der Waals surface area contributed by atoms with Crippen molar-refractivity contribution < 1.29 is 4.79 Å². The number of nitrogens with one attached hydrogen (secondary N) is 1. The summed E-state index contributed by atoms with van der Waals surface area (Å²) < 4.78 is 0. The van der Waals surface area contributed by atoms with E-state index in [9.17, 15) is 4.79 Å². The monoisotopic (exact) mass is 237 g/mol. The van der Waals surface area contributed by atoms with Gasteiger partial charge >= 0.3 is 0 Å². The molecule has 0 radical (unpaired) electrons. The Labute approximate surface area is 101 Å². The maximum absolute atomic E-state index is 11.8. The number of carbonyl (C=O) groups is 1. The average molecular weight is 238 g/mol. The van der Waals surface area contributed by atoms with Crippen LogP contribution >= 0.6 is 11.6 Å². The van der Waals surface area contributed by atoms with Gasteiger partial charge in [-0.15, -0.1) is 11.6 Å². The summed E-state index contributed by atoms with van der Waals surface area (Å²) in [4.78, 5) is 11.8. The second-order valence-electron chi connectivity index (χ2n) is 4.21. The topological polar surface area (TPSA) is 29.1 Å². The minimum absolute atomic E-state index is 0.118. The lowest BCUT2D eigenvalue weighted by molar-refractivity contribution is -0.124. The number of hydrogen-bond donors (Lipinski definition) is 1. The van der Waals surface area contributed by atoms with Crippen molar-refractivity contribution in [2.24, 2.45) is 5.92 Å². The second kappa shape index (κ2) is 5.35. The van der Waals surface area contributed by atoms with Crippen LogP contribution in [0.3, 0.4) is 0 Å². The molecule has 2 nitrogen and oxygen atoms in total. The molecule has 1 aromatic rings. The first kappa shape index (κ1) is 11.5. The number of alkyl halides is 1. The first-order chi connectivity index (χ1) is 7.81. The van der Waals surface area contributed by atoms with Crippen molar-refractivity contribution in [3.05, 3.63) is 35.4 Å². The third kappa shape index (κ3) is 2.56. The predicted octanol–water partition coefficient (Wildman–Crippen LogP) is 2.15. The smallest absolute Gasteiger partial charge is 0.223 e. The summed E-state index contributed by atoms with van der Waals surface area (Å²) in [6.45, 7) is 0.690. The zero-order valence-corrected chi connectivity index (χ0v) is 9.96. The van der Waals surface area contributed by atoms with Crippen molar-refractivity contribution >= 4 is 17.5 Å². The fraction of sp³-hybridized carbons (Fsp3) is 0.462. The summed E-state index contributed by atoms with van der Waals surface area (Å²) in [6.07, 6.45) is 2.60. The highest BCUT2D eigenvalue weighted by molar-refractivity contribution is 6.17. The summed E-state index contributed by atoms with van der Waals surface area (Å²) in [5.74, 6) is 0.889. The summed E-state index contributed by atoms with van der Waals surface area (Å²) in [6, 6.07) is 8.29. The molecule has 1 aromatic carbocycles. The highest BCUT2D eigenvalue weighted by Gasteiger charge is 2.26. The number of carbonyl (C=O) groups excluding carboxylic acids is 1. The first-order valence-corrected chi connectivity index (χ1v) is 6.25. The molecule has 0 unspecified atom stereocenters. The Morgan fingerprint density at radius 1 is 1.31 bits per heavy atom. The van der Waals surface area contributed by atoms with Gasteiger partial charge in [-0.2, -0.15) is 0 Å². The molecule has 86 valence electrons. The number of benzene rings is 1. The number of hydrogen-bond acceptors (Lipinski definition) is 1. The number of halogens is 1. The zero-order chi connectivity index (χ0) is 11.4. The molecule has 1 aliphatic carbocycles. The van der Waals surface area contributed by atoms with E-state index in [1.54, 1.807) is 0 Å². The van der Waals surface area contributed by atoms with Gasteiger partial charge in [0, 0.05) is 18.3 Å². The van der Waals surface area contributed by atoms with E-state index >= 15 is 0 Å². The van der Waals surface area contributed by atoms with Crippen LogP contribution in [0.25, 0.3) is 0 Å². The maximum atomic E-state index is 11.8. The molecule has 0 fully saturated rings. The van der Waals surface area contributed by atoms with Crippen LogP contribution in [0.15, 0.2) is 24.3 Å². The van der Waals surface area contributed by atoms with Gasteiger partial charge in [-0.3, -0.25) is 4.79 Å². The molecule has 16 heavy (non-hydrogen) atoms. The Bertz CT molecular complexity index is 353. The third-order valence-electron chi connectivity index (χ3n) is 3.03. The standard InChI is InChI=1S/C13H16ClNO/c14-6-3-7-15-13(16)12-8-10-4-1-2-5-11(10)9-12/h1-2,4-5,12H,3,6-9H2,(H,15,16). The van der Waals surface area contributed by atoms with Gasteiger partial charge in [-0.25, -0.2) is 0 Å². The highest BCUT2D eigenvalue weighted by atomic mass is 35.5. The van der Waals surface area contributed by atoms with Crippen molar-refractivity contribution in [3.63, 3.8) is 0 Å². The van der Waals surface area contributed by atoms with Crippen molar-refractivity contribution in [2.45, 2.75) is 19.3 Å². The second-order valence-corrected chi connectivity index (χ2v) is 4.59. The van der Waals surface area contributed by atoms with E-state index in [0.717, 1.165) is 19.3 Å². The molecular formula is C13H16ClNO. The van der Waals surface area contributed by atoms with E-state index in [-0.39, 0.29) is 11.8 Å². The van der Waals surface area contributed by atoms with Crippen molar-refractivity contribution in [2.75, 3.05) is 12.4 Å². The molecule has 1 aliphatic rings. The largest absolute Gasteiger partial charge is 0.356 e. The van der Waals surface area contributed by atoms with Crippen LogP contribution < -0.4 is 5.32 Å². The summed E-state index contributed by atoms with van der Waals surface area (Å²) in [7, 11) is 0. The van der Waals surface area contributed by atoms with Crippen LogP contribution in [0.4, 0.5) is 0 Å². The lowest BCUT2D eigenvalue weighted by Crippen LogP contribution is -2.31. The molecule has 0 spiro atoms. The van der Waals surface area contributed by atoms with Crippen LogP contribution in [-0.4, -0.2) is 18.3 Å². The van der Waals surface area contributed by atoms with Gasteiger partial charge in [0.25, 0.3) is 0 Å². The van der Waals surface area contributed by atoms with Crippen molar-refractivity contribution in [3.8, 4) is 0 Å². The molecule has 2 rings (SSSR count). The van der Waals surface area contributed by atoms with Gasteiger partial charge in [-0.05, 0) is 30.4 Å². The van der Waals surface area contributed by atoms with Gasteiger partial charge in [-0.1, -0.05) is 24.3 Å². The lowest BCUT2D eigenvalue weighted by Gasteiger charge is -2.09. The molecule has 0 saturated carbocycles. The minimum Gasteiger partial charge on any atom is -0.356 e. The van der Waals surface area contributed by atoms with Crippen LogP contribution in [0.1, 0.15) is 17.5 Å². The van der Waals surface area contributed by atoms with E-state index < -0.39 is 0 Å². The molecule has 0 aromatic heterocycles. The molecule has 1 amide bonds. The Hall–Kier alpha value is -1.02. The van der Waals surface area contributed by atoms with Gasteiger partial charge in [0.15, 0.2) is 0 Å². The molecule has 1 N–H and O–H groups in total. The van der Waals surface area contributed by atoms with Gasteiger partial charge < -0.3 is 5.32 Å². The van der Waals surface area contributed by atoms with E-state index in [1.165, 1.54) is 11.1 Å². The lowest BCUT2D eigenvalue weighted by atomic mass is 10.1. The molecule has 0 heterocycles. The van der Waals surface area contributed by atoms with Crippen LogP contribution in [0.5, 0.6) is 0 Å². The van der Waals surface area contributed by atoms with Crippen LogP contribution in [-0.2, 0) is 17.6 Å². The van der Waals surface area contributed by atoms with E-state index in [4.69, 9.17) is 11.6 Å². The molecule has 0 bridgehead atoms. The fourth-order valence-corrected chi connectivity index (χ4v) is 2.30. The van der Waals surface area contributed by atoms with E-state index in [2.05, 4.69) is 17.4 Å². The van der Waals surface area contributed by atoms with Crippen molar-refractivity contribution in [1.29, 1.82) is 0 Å². The van der Waals surface area contributed by atoms with E-state index in [0.29, 0.717) is 12.4 Å². The number of amides is 1. The zero-order valence-electron chi connectivity index (χ0n) is 9.21. The third-order valence-corrected chi connectivity index (χ3v) is 3.30. The average Bonchev–Trinajstić information content (AvgIpc) is 2.73. The van der Waals surface area contributed by atoms with Gasteiger partial charge in [0.1, 0.15) is 0 Å². The van der Waals surface area contributed by atoms with Crippen LogP contribution in [0.2, 0.25) is 0 Å². The molecule has 0 saturated heterocycles. The fourth-order valence-electron chi connectivity index (χ4n) is 2.17. The molecule has 0 atom stereocenters. The summed E-state index contributed by atoms with van der Waals surface area (Å²) >= 11 is 5.57. The quantitative estimate of drug-likeness (QED) is 0.631. The summed E-state index contributed by atoms with van der Waals surface area (Å²) in [5, 5.41) is 2.94. The Balaban J connectivity index is 1.88. The Morgan fingerprint density at radius 3 is 2.50 bits per heavy atom. The number of fused-ring (bicyclic) bond motifs is 1. The number of rotatable bonds is 4. The molecular weight excluding hydrogens is 222 g/mol. The van der Waals surface area contributed by atoms with Gasteiger partial charge in [0.2, 0.25) is 5.91 Å². The normalized spacial score (nSPS) is 14.8.